The van der Waals surface area contributed by atoms with Crippen molar-refractivity contribution >= 4 is 29.5 Å². The molecule has 0 saturated heterocycles. The Hall–Kier alpha value is -2.54. The fourth-order valence-corrected chi connectivity index (χ4v) is 1.93. The molecule has 0 fully saturated rings. The minimum Gasteiger partial charge on any atom is -0.357 e. The molecule has 0 bridgehead atoms. The average molecular weight is 308 g/mol. The third-order valence-corrected chi connectivity index (χ3v) is 3.19. The number of carbonyl (C=O) groups is 2. The van der Waals surface area contributed by atoms with Gasteiger partial charge in [-0.05, 0) is 25.1 Å². The Kier molecular flexibility index (Phi) is 4.44. The number of H-pyrrole nitrogens is 1. The van der Waals surface area contributed by atoms with E-state index in [-0.39, 0.29) is 0 Å². The Labute approximate surface area is 126 Å². The van der Waals surface area contributed by atoms with Crippen LogP contribution in [0.5, 0.6) is 0 Å². The molecule has 2 rings (SSSR count). The van der Waals surface area contributed by atoms with Gasteiger partial charge in [0.1, 0.15) is 10.8 Å². The predicted molar refractivity (Wildman–Crippen MR) is 78.4 cm³/mol. The highest BCUT2D eigenvalue weighted by Crippen LogP contribution is 2.19. The van der Waals surface area contributed by atoms with Crippen LogP contribution in [0, 0.1) is 6.92 Å². The van der Waals surface area contributed by atoms with E-state index in [4.69, 9.17) is 11.6 Å². The number of aromatic amines is 1. The van der Waals surface area contributed by atoms with Gasteiger partial charge in [0, 0.05) is 24.9 Å². The molecule has 2 aromatic rings. The van der Waals surface area contributed by atoms with E-state index in [0.29, 0.717) is 22.1 Å². The summed E-state index contributed by atoms with van der Waals surface area (Å²) in [5.41, 5.74) is 6.27. The molecule has 0 atom stereocenters. The Morgan fingerprint density at radius 2 is 2.19 bits per heavy atom. The van der Waals surface area contributed by atoms with Crippen molar-refractivity contribution in [2.45, 2.75) is 6.92 Å². The SMILES string of the molecule is Cc1nn(C)c(Cl)c1C=CC(=O)NNC(=O)c1ccc[nH]1. The molecule has 2 heterocycles. The number of halogens is 1. The molecule has 2 aromatic heterocycles. The summed E-state index contributed by atoms with van der Waals surface area (Å²) in [6, 6.07) is 3.28. The molecule has 8 heteroatoms. The number of nitrogens with one attached hydrogen (secondary N) is 3. The molecule has 0 aliphatic rings. The number of carbonyl (C=O) groups excluding carboxylic acids is 2. The van der Waals surface area contributed by atoms with Gasteiger partial charge >= 0.3 is 0 Å². The van der Waals surface area contributed by atoms with Crippen LogP contribution in [0.4, 0.5) is 0 Å². The van der Waals surface area contributed by atoms with Crippen LogP contribution in [0.1, 0.15) is 21.7 Å². The van der Waals surface area contributed by atoms with Gasteiger partial charge in [-0.3, -0.25) is 25.1 Å². The van der Waals surface area contributed by atoms with Crippen molar-refractivity contribution in [3.05, 3.63) is 46.5 Å². The van der Waals surface area contributed by atoms with Crippen LogP contribution in [0.2, 0.25) is 5.15 Å². The maximum atomic E-state index is 11.6. The van der Waals surface area contributed by atoms with Gasteiger partial charge in [-0.2, -0.15) is 5.10 Å². The van der Waals surface area contributed by atoms with Gasteiger partial charge in [0.2, 0.25) is 0 Å². The van der Waals surface area contributed by atoms with Crippen molar-refractivity contribution < 1.29 is 9.59 Å². The number of hydrogen-bond donors (Lipinski definition) is 3. The average Bonchev–Trinajstić information content (AvgIpc) is 3.05. The molecule has 0 aromatic carbocycles. The molecule has 110 valence electrons. The molecular formula is C13H14ClN5O2. The van der Waals surface area contributed by atoms with Crippen LogP contribution in [0.25, 0.3) is 6.08 Å². The first kappa shape index (κ1) is 14.9. The van der Waals surface area contributed by atoms with Crippen molar-refractivity contribution in [2.24, 2.45) is 7.05 Å². The van der Waals surface area contributed by atoms with Crippen LogP contribution >= 0.6 is 11.6 Å². The molecular weight excluding hydrogens is 294 g/mol. The number of rotatable bonds is 3. The molecule has 0 saturated carbocycles. The van der Waals surface area contributed by atoms with Crippen molar-refractivity contribution in [3.63, 3.8) is 0 Å². The molecule has 0 aliphatic heterocycles. The largest absolute Gasteiger partial charge is 0.357 e. The molecule has 2 amide bonds. The van der Waals surface area contributed by atoms with E-state index in [1.54, 1.807) is 38.4 Å². The van der Waals surface area contributed by atoms with Crippen LogP contribution in [-0.4, -0.2) is 26.6 Å². The van der Waals surface area contributed by atoms with E-state index in [0.717, 1.165) is 0 Å². The van der Waals surface area contributed by atoms with Gasteiger partial charge < -0.3 is 4.98 Å². The van der Waals surface area contributed by atoms with Gasteiger partial charge in [-0.15, -0.1) is 0 Å². The number of hydrogen-bond acceptors (Lipinski definition) is 3. The van der Waals surface area contributed by atoms with Crippen LogP contribution in [-0.2, 0) is 11.8 Å². The van der Waals surface area contributed by atoms with Crippen molar-refractivity contribution in [1.29, 1.82) is 0 Å². The second-order valence-electron chi connectivity index (χ2n) is 4.27. The summed E-state index contributed by atoms with van der Waals surface area (Å²) in [4.78, 5) is 25.9. The lowest BCUT2D eigenvalue weighted by Crippen LogP contribution is -2.40. The Balaban J connectivity index is 1.93. The monoisotopic (exact) mass is 307 g/mol. The summed E-state index contributed by atoms with van der Waals surface area (Å²) < 4.78 is 1.52. The second kappa shape index (κ2) is 6.27. The first-order chi connectivity index (χ1) is 9.99. The quantitative estimate of drug-likeness (QED) is 0.587. The molecule has 3 N–H and O–H groups in total. The van der Waals surface area contributed by atoms with Crippen LogP contribution < -0.4 is 10.9 Å². The molecule has 7 nitrogen and oxygen atoms in total. The lowest BCUT2D eigenvalue weighted by atomic mass is 10.2. The highest BCUT2D eigenvalue weighted by atomic mass is 35.5. The van der Waals surface area contributed by atoms with Gasteiger partial charge in [-0.1, -0.05) is 11.6 Å². The molecule has 0 aliphatic carbocycles. The van der Waals surface area contributed by atoms with E-state index in [1.807, 2.05) is 0 Å². The van der Waals surface area contributed by atoms with Crippen molar-refractivity contribution in [1.82, 2.24) is 25.6 Å². The molecule has 21 heavy (non-hydrogen) atoms. The van der Waals surface area contributed by atoms with E-state index in [2.05, 4.69) is 20.9 Å². The first-order valence-corrected chi connectivity index (χ1v) is 6.47. The summed E-state index contributed by atoms with van der Waals surface area (Å²) in [5, 5.41) is 4.56. The normalized spacial score (nSPS) is 10.8. The van der Waals surface area contributed by atoms with Gasteiger partial charge in [0.15, 0.2) is 0 Å². The van der Waals surface area contributed by atoms with E-state index in [9.17, 15) is 9.59 Å². The third-order valence-electron chi connectivity index (χ3n) is 2.74. The maximum Gasteiger partial charge on any atom is 0.286 e. The summed E-state index contributed by atoms with van der Waals surface area (Å²) >= 11 is 6.04. The maximum absolute atomic E-state index is 11.6. The highest BCUT2D eigenvalue weighted by Gasteiger charge is 2.09. The standard InChI is InChI=1S/C13H14ClN5O2/c1-8-9(12(14)19(2)18-8)5-6-11(20)16-17-13(21)10-4-3-7-15-10/h3-7,15H,1-2H3,(H,16,20)(H,17,21). The Bertz CT molecular complexity index is 688. The fourth-order valence-electron chi connectivity index (χ4n) is 1.69. The van der Waals surface area contributed by atoms with Gasteiger partial charge in [0.05, 0.1) is 5.69 Å². The Morgan fingerprint density at radius 1 is 1.43 bits per heavy atom. The van der Waals surface area contributed by atoms with Crippen molar-refractivity contribution in [3.8, 4) is 0 Å². The summed E-state index contributed by atoms with van der Waals surface area (Å²) in [6.07, 6.45) is 4.43. The number of aromatic nitrogens is 3. The zero-order chi connectivity index (χ0) is 15.4. The number of amides is 2. The van der Waals surface area contributed by atoms with E-state index < -0.39 is 11.8 Å². The number of nitrogens with zero attached hydrogens (tertiary/aromatic N) is 2. The summed E-state index contributed by atoms with van der Waals surface area (Å²) in [6.45, 7) is 1.79. The lowest BCUT2D eigenvalue weighted by molar-refractivity contribution is -0.117. The topological polar surface area (TPSA) is 91.8 Å². The first-order valence-electron chi connectivity index (χ1n) is 6.10. The summed E-state index contributed by atoms with van der Waals surface area (Å²) in [7, 11) is 1.71. The van der Waals surface area contributed by atoms with Gasteiger partial charge in [-0.25, -0.2) is 0 Å². The number of hydrazine groups is 1. The number of aryl methyl sites for hydroxylation is 2. The zero-order valence-electron chi connectivity index (χ0n) is 11.5. The predicted octanol–water partition coefficient (Wildman–Crippen LogP) is 1.18. The van der Waals surface area contributed by atoms with Gasteiger partial charge in [0.25, 0.3) is 11.8 Å². The minimum absolute atomic E-state index is 0.352. The third kappa shape index (κ3) is 3.51. The van der Waals surface area contributed by atoms with Crippen LogP contribution in [0.15, 0.2) is 24.4 Å². The second-order valence-corrected chi connectivity index (χ2v) is 4.63. The lowest BCUT2D eigenvalue weighted by Gasteiger charge is -2.03. The van der Waals surface area contributed by atoms with E-state index in [1.165, 1.54) is 10.8 Å². The minimum atomic E-state index is -0.478. The highest BCUT2D eigenvalue weighted by molar-refractivity contribution is 6.31. The van der Waals surface area contributed by atoms with E-state index >= 15 is 0 Å². The van der Waals surface area contributed by atoms with Crippen LogP contribution in [0.3, 0.4) is 0 Å². The zero-order valence-corrected chi connectivity index (χ0v) is 12.2. The molecule has 0 radical (unpaired) electrons. The Morgan fingerprint density at radius 3 is 2.76 bits per heavy atom. The van der Waals surface area contributed by atoms with Crippen molar-refractivity contribution in [2.75, 3.05) is 0 Å². The smallest absolute Gasteiger partial charge is 0.286 e. The molecule has 0 unspecified atom stereocenters. The fraction of sp³-hybridized carbons (Fsp3) is 0.154. The summed E-state index contributed by atoms with van der Waals surface area (Å²) in [5.74, 6) is -0.911. The molecule has 0 spiro atoms.